The van der Waals surface area contributed by atoms with Crippen molar-refractivity contribution >= 4 is 5.69 Å². The second-order valence-electron chi connectivity index (χ2n) is 9.23. The van der Waals surface area contributed by atoms with Crippen molar-refractivity contribution in [3.63, 3.8) is 0 Å². The molecular formula is C31H21N5O2. The topological polar surface area (TPSA) is 78.8 Å². The van der Waals surface area contributed by atoms with Gasteiger partial charge in [-0.3, -0.25) is 10.1 Å². The molecule has 0 atom stereocenters. The fourth-order valence-electron chi connectivity index (χ4n) is 5.18. The minimum Gasteiger partial charge on any atom is -0.258 e. The SMILES string of the molecule is O=[N+]([O-])c1ccc(-c2nn(-c3ccccc3)cc2-c2c3c(nn2-c2ccccc2)-c2ccccc2C3)cc1. The lowest BCUT2D eigenvalue weighted by atomic mass is 10.0. The van der Waals surface area contributed by atoms with E-state index in [1.54, 1.807) is 12.1 Å². The highest BCUT2D eigenvalue weighted by atomic mass is 16.6. The Bertz CT molecular complexity index is 1800. The van der Waals surface area contributed by atoms with Crippen molar-refractivity contribution in [2.45, 2.75) is 6.42 Å². The summed E-state index contributed by atoms with van der Waals surface area (Å²) in [4.78, 5) is 10.9. The number of aromatic nitrogens is 4. The third kappa shape index (κ3) is 3.52. The second-order valence-corrected chi connectivity index (χ2v) is 9.23. The summed E-state index contributed by atoms with van der Waals surface area (Å²) in [6, 6.07) is 35.0. The molecule has 0 amide bonds. The Morgan fingerprint density at radius 1 is 0.684 bits per heavy atom. The minimum absolute atomic E-state index is 0.0449. The van der Waals surface area contributed by atoms with Gasteiger partial charge in [0.1, 0.15) is 5.69 Å². The van der Waals surface area contributed by atoms with Crippen LogP contribution in [0.3, 0.4) is 0 Å². The Kier molecular flexibility index (Phi) is 5.01. The van der Waals surface area contributed by atoms with Crippen LogP contribution < -0.4 is 0 Å². The molecule has 0 saturated heterocycles. The van der Waals surface area contributed by atoms with E-state index in [1.165, 1.54) is 17.7 Å². The number of fused-ring (bicyclic) bond motifs is 3. The van der Waals surface area contributed by atoms with Crippen molar-refractivity contribution in [1.29, 1.82) is 0 Å². The summed E-state index contributed by atoms with van der Waals surface area (Å²) in [6.45, 7) is 0. The Morgan fingerprint density at radius 3 is 2.05 bits per heavy atom. The summed E-state index contributed by atoms with van der Waals surface area (Å²) in [6.07, 6.45) is 2.80. The summed E-state index contributed by atoms with van der Waals surface area (Å²) < 4.78 is 3.87. The fraction of sp³-hybridized carbons (Fsp3) is 0.0323. The molecule has 1 aliphatic carbocycles. The summed E-state index contributed by atoms with van der Waals surface area (Å²) in [5.41, 5.74) is 9.85. The molecule has 1 aliphatic rings. The van der Waals surface area contributed by atoms with Gasteiger partial charge >= 0.3 is 0 Å². The van der Waals surface area contributed by atoms with Crippen LogP contribution in [0.2, 0.25) is 0 Å². The summed E-state index contributed by atoms with van der Waals surface area (Å²) in [5.74, 6) is 0. The van der Waals surface area contributed by atoms with E-state index in [-0.39, 0.29) is 10.6 Å². The molecule has 0 unspecified atom stereocenters. The molecule has 7 rings (SSSR count). The number of rotatable bonds is 5. The van der Waals surface area contributed by atoms with Crippen molar-refractivity contribution in [3.8, 4) is 45.1 Å². The minimum atomic E-state index is -0.387. The van der Waals surface area contributed by atoms with E-state index in [1.807, 2.05) is 82.3 Å². The van der Waals surface area contributed by atoms with Crippen LogP contribution in [0.5, 0.6) is 0 Å². The predicted octanol–water partition coefficient (Wildman–Crippen LogP) is 6.87. The highest BCUT2D eigenvalue weighted by molar-refractivity contribution is 5.88. The molecule has 0 saturated carbocycles. The van der Waals surface area contributed by atoms with Gasteiger partial charge in [-0.1, -0.05) is 60.7 Å². The number of nitrogens with zero attached hydrogens (tertiary/aromatic N) is 5. The van der Waals surface area contributed by atoms with Crippen molar-refractivity contribution in [3.05, 3.63) is 137 Å². The molecule has 0 radical (unpaired) electrons. The number of benzene rings is 4. The molecule has 0 spiro atoms. The predicted molar refractivity (Wildman–Crippen MR) is 146 cm³/mol. The molecule has 0 fully saturated rings. The van der Waals surface area contributed by atoms with E-state index < -0.39 is 0 Å². The Labute approximate surface area is 218 Å². The van der Waals surface area contributed by atoms with Crippen molar-refractivity contribution in [1.82, 2.24) is 19.6 Å². The van der Waals surface area contributed by atoms with Crippen LogP contribution in [-0.2, 0) is 6.42 Å². The zero-order valence-electron chi connectivity index (χ0n) is 20.2. The zero-order valence-corrected chi connectivity index (χ0v) is 20.2. The number of nitro benzene ring substituents is 1. The first-order valence-corrected chi connectivity index (χ1v) is 12.3. The average Bonchev–Trinajstić information content (AvgIpc) is 3.66. The summed E-state index contributed by atoms with van der Waals surface area (Å²) >= 11 is 0. The van der Waals surface area contributed by atoms with E-state index in [2.05, 4.69) is 18.2 Å². The average molecular weight is 496 g/mol. The van der Waals surface area contributed by atoms with Crippen LogP contribution in [0.4, 0.5) is 5.69 Å². The maximum absolute atomic E-state index is 11.3. The lowest BCUT2D eigenvalue weighted by molar-refractivity contribution is -0.384. The van der Waals surface area contributed by atoms with Gasteiger partial charge in [-0.2, -0.15) is 10.2 Å². The van der Waals surface area contributed by atoms with Crippen molar-refractivity contribution in [2.24, 2.45) is 0 Å². The molecule has 4 aromatic carbocycles. The first-order valence-electron chi connectivity index (χ1n) is 12.3. The van der Waals surface area contributed by atoms with Crippen molar-refractivity contribution in [2.75, 3.05) is 0 Å². The second kappa shape index (κ2) is 8.67. The maximum Gasteiger partial charge on any atom is 0.269 e. The van der Waals surface area contributed by atoms with Gasteiger partial charge in [0.15, 0.2) is 0 Å². The molecule has 7 nitrogen and oxygen atoms in total. The third-order valence-corrected chi connectivity index (χ3v) is 6.97. The molecular weight excluding hydrogens is 474 g/mol. The van der Waals surface area contributed by atoms with E-state index in [4.69, 9.17) is 10.2 Å². The lowest BCUT2D eigenvalue weighted by Crippen LogP contribution is -2.01. The fourth-order valence-corrected chi connectivity index (χ4v) is 5.18. The van der Waals surface area contributed by atoms with Crippen LogP contribution in [0, 0.1) is 10.1 Å². The Balaban J connectivity index is 1.50. The number of hydrogen-bond donors (Lipinski definition) is 0. The number of non-ortho nitro benzene ring substituents is 1. The van der Waals surface area contributed by atoms with E-state index in [0.29, 0.717) is 0 Å². The Morgan fingerprint density at radius 2 is 1.34 bits per heavy atom. The van der Waals surface area contributed by atoms with Gasteiger partial charge in [0, 0.05) is 47.0 Å². The lowest BCUT2D eigenvalue weighted by Gasteiger charge is -2.10. The monoisotopic (exact) mass is 495 g/mol. The Hall–Kier alpha value is -5.30. The van der Waals surface area contributed by atoms with Gasteiger partial charge < -0.3 is 0 Å². The van der Waals surface area contributed by atoms with E-state index >= 15 is 0 Å². The molecule has 0 aliphatic heterocycles. The van der Waals surface area contributed by atoms with Crippen molar-refractivity contribution < 1.29 is 4.92 Å². The molecule has 38 heavy (non-hydrogen) atoms. The van der Waals surface area contributed by atoms with Gasteiger partial charge in [-0.15, -0.1) is 0 Å². The molecule has 182 valence electrons. The zero-order chi connectivity index (χ0) is 25.6. The van der Waals surface area contributed by atoms with Gasteiger partial charge in [0.2, 0.25) is 0 Å². The van der Waals surface area contributed by atoms with Crippen LogP contribution in [0.1, 0.15) is 11.1 Å². The van der Waals surface area contributed by atoms with Gasteiger partial charge in [0.25, 0.3) is 5.69 Å². The van der Waals surface area contributed by atoms with Crippen LogP contribution in [-0.4, -0.2) is 24.5 Å². The van der Waals surface area contributed by atoms with E-state index in [9.17, 15) is 10.1 Å². The quantitative estimate of drug-likeness (QED) is 0.193. The molecule has 2 aromatic heterocycles. The molecule has 7 heteroatoms. The van der Waals surface area contributed by atoms with Gasteiger partial charge in [-0.05, 0) is 42.0 Å². The molecule has 0 N–H and O–H groups in total. The first-order chi connectivity index (χ1) is 18.7. The van der Waals surface area contributed by atoms with Crippen LogP contribution in [0.25, 0.3) is 45.1 Å². The van der Waals surface area contributed by atoms with Crippen LogP contribution >= 0.6 is 0 Å². The first kappa shape index (κ1) is 21.9. The van der Waals surface area contributed by atoms with Gasteiger partial charge in [0.05, 0.1) is 27.7 Å². The van der Waals surface area contributed by atoms with Gasteiger partial charge in [-0.25, -0.2) is 9.36 Å². The number of hydrogen-bond acceptors (Lipinski definition) is 4. The summed E-state index contributed by atoms with van der Waals surface area (Å²) in [5, 5.41) is 21.4. The normalized spacial score (nSPS) is 11.8. The largest absolute Gasteiger partial charge is 0.269 e. The number of nitro groups is 1. The smallest absolute Gasteiger partial charge is 0.258 e. The van der Waals surface area contributed by atoms with E-state index in [0.717, 1.165) is 57.1 Å². The molecule has 6 aromatic rings. The summed E-state index contributed by atoms with van der Waals surface area (Å²) in [7, 11) is 0. The molecule has 2 heterocycles. The number of para-hydroxylation sites is 2. The highest BCUT2D eigenvalue weighted by Gasteiger charge is 2.30. The third-order valence-electron chi connectivity index (χ3n) is 6.97. The molecule has 0 bridgehead atoms. The highest BCUT2D eigenvalue weighted by Crippen LogP contribution is 2.44. The maximum atomic E-state index is 11.3. The standard InChI is InChI=1S/C31H21N5O2/c37-36(38)25-17-15-21(16-18-25)29-28(20-34(32-29)23-10-3-1-4-11-23)31-27-19-22-9-7-8-14-26(22)30(27)33-35(31)24-12-5-2-6-13-24/h1-18,20H,19H2. The van der Waals surface area contributed by atoms with Crippen LogP contribution in [0.15, 0.2) is 115 Å².